The van der Waals surface area contributed by atoms with Crippen molar-refractivity contribution in [2.24, 2.45) is 16.7 Å². The monoisotopic (exact) mass is 274 g/mol. The lowest BCUT2D eigenvalue weighted by molar-refractivity contribution is -0.153. The Labute approximate surface area is 99.9 Å². The molecule has 0 amide bonds. The zero-order chi connectivity index (χ0) is 11.3. The Kier molecular flexibility index (Phi) is 2.65. The Balaban J connectivity index is 2.25. The van der Waals surface area contributed by atoms with E-state index >= 15 is 0 Å². The number of carbonyl (C=O) groups is 1. The van der Waals surface area contributed by atoms with E-state index < -0.39 is 0 Å². The van der Waals surface area contributed by atoms with Crippen LogP contribution in [-0.4, -0.2) is 17.4 Å². The topological polar surface area (TPSA) is 26.3 Å². The molecule has 0 unspecified atom stereocenters. The number of halogens is 1. The maximum Gasteiger partial charge on any atom is 0.302 e. The van der Waals surface area contributed by atoms with Crippen LogP contribution in [-0.2, 0) is 9.53 Å². The highest BCUT2D eigenvalue weighted by molar-refractivity contribution is 9.09. The first-order valence-corrected chi connectivity index (χ1v) is 6.79. The Hall–Kier alpha value is -0.0500. The van der Waals surface area contributed by atoms with E-state index in [0.29, 0.717) is 11.3 Å². The summed E-state index contributed by atoms with van der Waals surface area (Å²) in [4.78, 5) is 11.1. The molecule has 0 spiro atoms. The smallest absolute Gasteiger partial charge is 0.302 e. The van der Waals surface area contributed by atoms with Gasteiger partial charge in [-0.2, -0.15) is 0 Å². The number of hydrogen-bond donors (Lipinski definition) is 0. The first-order valence-electron chi connectivity index (χ1n) is 5.67. The number of hydrogen-bond acceptors (Lipinski definition) is 2. The van der Waals surface area contributed by atoms with Crippen LogP contribution in [0.5, 0.6) is 0 Å². The number of carbonyl (C=O) groups excluding carboxylic acids is 1. The van der Waals surface area contributed by atoms with Gasteiger partial charge in [0, 0.05) is 17.7 Å². The summed E-state index contributed by atoms with van der Waals surface area (Å²) in [6, 6.07) is 0. The van der Waals surface area contributed by atoms with Gasteiger partial charge in [-0.1, -0.05) is 29.8 Å². The van der Waals surface area contributed by atoms with Gasteiger partial charge in [0.25, 0.3) is 0 Å². The van der Waals surface area contributed by atoms with E-state index in [1.54, 1.807) is 0 Å². The number of ether oxygens (including phenoxy) is 1. The van der Waals surface area contributed by atoms with Crippen molar-refractivity contribution >= 4 is 21.9 Å². The molecule has 0 radical (unpaired) electrons. The van der Waals surface area contributed by atoms with Crippen molar-refractivity contribution in [2.75, 3.05) is 5.33 Å². The lowest BCUT2D eigenvalue weighted by Crippen LogP contribution is -2.40. The molecule has 15 heavy (non-hydrogen) atoms. The molecule has 0 aliphatic heterocycles. The molecule has 4 atom stereocenters. The van der Waals surface area contributed by atoms with Crippen LogP contribution in [0.25, 0.3) is 0 Å². The summed E-state index contributed by atoms with van der Waals surface area (Å²) in [6.45, 7) is 6.14. The summed E-state index contributed by atoms with van der Waals surface area (Å²) in [6.07, 6.45) is 3.67. The molecule has 2 rings (SSSR count). The quantitative estimate of drug-likeness (QED) is 0.571. The zero-order valence-electron chi connectivity index (χ0n) is 9.68. The fourth-order valence-electron chi connectivity index (χ4n) is 3.61. The van der Waals surface area contributed by atoms with Gasteiger partial charge in [-0.05, 0) is 30.6 Å². The predicted molar refractivity (Wildman–Crippen MR) is 62.9 cm³/mol. The first-order chi connectivity index (χ1) is 6.94. The highest BCUT2D eigenvalue weighted by Crippen LogP contribution is 2.66. The van der Waals surface area contributed by atoms with Crippen LogP contribution in [0.1, 0.15) is 40.0 Å². The lowest BCUT2D eigenvalue weighted by atomic mass is 9.70. The van der Waals surface area contributed by atoms with Crippen LogP contribution in [0, 0.1) is 16.7 Å². The molecule has 0 heterocycles. The molecule has 86 valence electrons. The molecule has 2 fully saturated rings. The second-order valence-electron chi connectivity index (χ2n) is 5.54. The molecule has 0 aromatic carbocycles. The highest BCUT2D eigenvalue weighted by Gasteiger charge is 2.64. The second-order valence-corrected chi connectivity index (χ2v) is 6.10. The van der Waals surface area contributed by atoms with Crippen molar-refractivity contribution in [1.82, 2.24) is 0 Å². The Morgan fingerprint density at radius 3 is 2.67 bits per heavy atom. The fraction of sp³-hybridized carbons (Fsp3) is 0.917. The minimum Gasteiger partial charge on any atom is -0.462 e. The summed E-state index contributed by atoms with van der Waals surface area (Å²) in [5, 5.41) is 1.01. The third-order valence-electron chi connectivity index (χ3n) is 5.01. The normalized spacial score (nSPS) is 48.3. The van der Waals surface area contributed by atoms with E-state index in [2.05, 4.69) is 29.8 Å². The van der Waals surface area contributed by atoms with Crippen molar-refractivity contribution in [3.63, 3.8) is 0 Å². The van der Waals surface area contributed by atoms with E-state index in [0.717, 1.165) is 11.8 Å². The van der Waals surface area contributed by atoms with Gasteiger partial charge in [-0.15, -0.1) is 0 Å². The second kappa shape index (κ2) is 3.47. The van der Waals surface area contributed by atoms with E-state index in [1.807, 2.05) is 0 Å². The molecule has 0 N–H and O–H groups in total. The molecule has 2 aliphatic carbocycles. The van der Waals surface area contributed by atoms with Gasteiger partial charge >= 0.3 is 5.97 Å². The molecule has 3 heteroatoms. The Morgan fingerprint density at radius 1 is 1.53 bits per heavy atom. The van der Waals surface area contributed by atoms with E-state index in [-0.39, 0.29) is 17.5 Å². The SMILES string of the molecule is CC(=O)O[C@H]1C[C@H]2CC[C@@]1(C)[C@]2(C)CBr. The molecule has 0 aromatic rings. The minimum atomic E-state index is -0.134. The number of alkyl halides is 1. The maximum atomic E-state index is 11.1. The molecule has 0 saturated heterocycles. The van der Waals surface area contributed by atoms with Crippen molar-refractivity contribution in [3.8, 4) is 0 Å². The molecule has 0 aromatic heterocycles. The first kappa shape index (κ1) is 11.4. The van der Waals surface area contributed by atoms with Gasteiger partial charge in [-0.3, -0.25) is 4.79 Å². The lowest BCUT2D eigenvalue weighted by Gasteiger charge is -2.39. The van der Waals surface area contributed by atoms with Gasteiger partial charge in [-0.25, -0.2) is 0 Å². The van der Waals surface area contributed by atoms with Crippen LogP contribution in [0.2, 0.25) is 0 Å². The van der Waals surface area contributed by atoms with E-state index in [4.69, 9.17) is 4.74 Å². The maximum absolute atomic E-state index is 11.1. The summed E-state index contributed by atoms with van der Waals surface area (Å²) < 4.78 is 5.49. The molecule has 2 nitrogen and oxygen atoms in total. The molecule has 2 aliphatic rings. The average molecular weight is 275 g/mol. The van der Waals surface area contributed by atoms with Gasteiger partial charge < -0.3 is 4.74 Å². The number of fused-ring (bicyclic) bond motifs is 2. The van der Waals surface area contributed by atoms with Gasteiger partial charge in [0.05, 0.1) is 0 Å². The minimum absolute atomic E-state index is 0.134. The van der Waals surface area contributed by atoms with Crippen LogP contribution >= 0.6 is 15.9 Å². The van der Waals surface area contributed by atoms with E-state index in [1.165, 1.54) is 19.8 Å². The van der Waals surface area contributed by atoms with Crippen LogP contribution < -0.4 is 0 Å². The summed E-state index contributed by atoms with van der Waals surface area (Å²) in [7, 11) is 0. The van der Waals surface area contributed by atoms with Crippen LogP contribution in [0.15, 0.2) is 0 Å². The van der Waals surface area contributed by atoms with Crippen molar-refractivity contribution in [2.45, 2.75) is 46.1 Å². The van der Waals surface area contributed by atoms with Crippen molar-refractivity contribution in [1.29, 1.82) is 0 Å². The van der Waals surface area contributed by atoms with Gasteiger partial charge in [0.1, 0.15) is 6.10 Å². The number of rotatable bonds is 2. The third kappa shape index (κ3) is 1.38. The van der Waals surface area contributed by atoms with Crippen LogP contribution in [0.4, 0.5) is 0 Å². The molecule has 2 bridgehead atoms. The van der Waals surface area contributed by atoms with Crippen molar-refractivity contribution < 1.29 is 9.53 Å². The summed E-state index contributed by atoms with van der Waals surface area (Å²) in [5.41, 5.74) is 0.472. The van der Waals surface area contributed by atoms with Crippen LogP contribution in [0.3, 0.4) is 0 Å². The van der Waals surface area contributed by atoms with Crippen molar-refractivity contribution in [3.05, 3.63) is 0 Å². The summed E-state index contributed by atoms with van der Waals surface area (Å²) >= 11 is 3.64. The average Bonchev–Trinajstić information content (AvgIpc) is 2.52. The molecular weight excluding hydrogens is 256 g/mol. The molecular formula is C12H19BrO2. The predicted octanol–water partition coefficient (Wildman–Crippen LogP) is 3.14. The van der Waals surface area contributed by atoms with E-state index in [9.17, 15) is 4.79 Å². The number of esters is 1. The molecule has 2 saturated carbocycles. The van der Waals surface area contributed by atoms with Gasteiger partial charge in [0.15, 0.2) is 0 Å². The Morgan fingerprint density at radius 2 is 2.20 bits per heavy atom. The Bertz CT molecular complexity index is 291. The highest BCUT2D eigenvalue weighted by atomic mass is 79.9. The summed E-state index contributed by atoms with van der Waals surface area (Å²) in [5.74, 6) is 0.580. The standard InChI is InChI=1S/C12H19BrO2/c1-8(14)15-10-6-9-4-5-11(10,2)12(9,3)7-13/h9-10H,4-7H2,1-3H3/t9-,10+,11-,12-/m1/s1. The largest absolute Gasteiger partial charge is 0.462 e. The zero-order valence-corrected chi connectivity index (χ0v) is 11.3. The third-order valence-corrected chi connectivity index (χ3v) is 6.18. The fourth-order valence-corrected chi connectivity index (χ4v) is 4.71. The van der Waals surface area contributed by atoms with Gasteiger partial charge in [0.2, 0.25) is 0 Å².